The zero-order valence-electron chi connectivity index (χ0n) is 19.3. The normalized spacial score (nSPS) is 13.6. The molecule has 0 bridgehead atoms. The van der Waals surface area contributed by atoms with E-state index < -0.39 is 17.6 Å². The number of ketones is 1. The molecule has 4 rings (SSSR count). The van der Waals surface area contributed by atoms with Crippen LogP contribution < -0.4 is 5.32 Å². The first kappa shape index (κ1) is 25.8. The van der Waals surface area contributed by atoms with Gasteiger partial charge in [-0.2, -0.15) is 13.2 Å². The van der Waals surface area contributed by atoms with Crippen LogP contribution in [0.5, 0.6) is 0 Å². The molecule has 3 heterocycles. The van der Waals surface area contributed by atoms with Gasteiger partial charge in [-0.1, -0.05) is 13.0 Å². The van der Waals surface area contributed by atoms with Crippen LogP contribution in [-0.4, -0.2) is 29.3 Å². The number of pyridine rings is 1. The van der Waals surface area contributed by atoms with Crippen LogP contribution in [0, 0.1) is 5.82 Å². The van der Waals surface area contributed by atoms with E-state index in [9.17, 15) is 22.4 Å². The number of aryl methyl sites for hydroxylation is 1. The Labute approximate surface area is 200 Å². The summed E-state index contributed by atoms with van der Waals surface area (Å²) in [5, 5.41) is 5.04. The SMILES string of the molecule is CCc1cc(F)cc(C(F)(F)F)c1.CNc1ccc(CN2CCc3c(C(C)=O)csc3C2)cn1. The van der Waals surface area contributed by atoms with Crippen molar-refractivity contribution in [3.8, 4) is 0 Å². The quantitative estimate of drug-likeness (QED) is 0.332. The largest absolute Gasteiger partial charge is 0.416 e. The van der Waals surface area contributed by atoms with Gasteiger partial charge < -0.3 is 5.32 Å². The first-order valence-electron chi connectivity index (χ1n) is 10.9. The summed E-state index contributed by atoms with van der Waals surface area (Å²) in [6, 6.07) is 6.69. The Kier molecular flexibility index (Phi) is 8.43. The zero-order chi connectivity index (χ0) is 24.9. The standard InChI is InChI=1S/C16H19N3OS.C9H8F4/c1-11(20)14-10-21-15-9-19(6-5-13(14)15)8-12-3-4-16(17-2)18-7-12;1-2-6-3-7(9(11,12)13)5-8(10)4-6/h3-4,7,10H,5-6,8-9H2,1-2H3,(H,17,18);3-5H,2H2,1H3. The molecule has 0 amide bonds. The molecule has 2 aromatic heterocycles. The Morgan fingerprint density at radius 1 is 1.21 bits per heavy atom. The molecule has 4 nitrogen and oxygen atoms in total. The smallest absolute Gasteiger partial charge is 0.373 e. The van der Waals surface area contributed by atoms with Gasteiger partial charge >= 0.3 is 6.18 Å². The number of nitrogens with one attached hydrogen (secondary N) is 1. The van der Waals surface area contributed by atoms with Crippen LogP contribution in [0.1, 0.15) is 51.3 Å². The summed E-state index contributed by atoms with van der Waals surface area (Å²) in [6.45, 7) is 6.17. The number of alkyl halides is 3. The number of halogens is 4. The van der Waals surface area contributed by atoms with Crippen molar-refractivity contribution in [2.75, 3.05) is 18.9 Å². The Morgan fingerprint density at radius 3 is 2.56 bits per heavy atom. The van der Waals surface area contributed by atoms with E-state index in [0.29, 0.717) is 18.1 Å². The molecule has 0 fully saturated rings. The van der Waals surface area contributed by atoms with Crippen LogP contribution in [-0.2, 0) is 32.1 Å². The number of carbonyl (C=O) groups excluding carboxylic acids is 1. The first-order chi connectivity index (χ1) is 16.1. The minimum Gasteiger partial charge on any atom is -0.373 e. The average molecular weight is 494 g/mol. The van der Waals surface area contributed by atoms with Gasteiger partial charge in [0.15, 0.2) is 5.78 Å². The highest BCUT2D eigenvalue weighted by Crippen LogP contribution is 2.31. The number of hydrogen-bond acceptors (Lipinski definition) is 5. The lowest BCUT2D eigenvalue weighted by Crippen LogP contribution is -2.29. The van der Waals surface area contributed by atoms with Gasteiger partial charge in [0.25, 0.3) is 0 Å². The lowest BCUT2D eigenvalue weighted by atomic mass is 10.0. The van der Waals surface area contributed by atoms with Gasteiger partial charge in [0.05, 0.1) is 5.56 Å². The fourth-order valence-electron chi connectivity index (χ4n) is 3.75. The van der Waals surface area contributed by atoms with Crippen molar-refractivity contribution >= 4 is 22.9 Å². The maximum Gasteiger partial charge on any atom is 0.416 e. The summed E-state index contributed by atoms with van der Waals surface area (Å²) in [5.74, 6) is 0.239. The third-order valence-electron chi connectivity index (χ3n) is 5.59. The number of carbonyl (C=O) groups is 1. The van der Waals surface area contributed by atoms with Crippen LogP contribution in [0.4, 0.5) is 23.4 Å². The Hall–Kier alpha value is -2.78. The molecule has 1 aromatic carbocycles. The number of anilines is 1. The van der Waals surface area contributed by atoms with E-state index in [0.717, 1.165) is 49.6 Å². The van der Waals surface area contributed by atoms with Crippen molar-refractivity contribution in [1.82, 2.24) is 9.88 Å². The monoisotopic (exact) mass is 493 g/mol. The third-order valence-corrected chi connectivity index (χ3v) is 6.60. The van der Waals surface area contributed by atoms with Crippen LogP contribution in [0.2, 0.25) is 0 Å². The highest BCUT2D eigenvalue weighted by Gasteiger charge is 2.31. The molecule has 1 aliphatic heterocycles. The maximum absolute atomic E-state index is 12.6. The number of rotatable bonds is 5. The molecule has 0 saturated heterocycles. The Bertz CT molecular complexity index is 1130. The third kappa shape index (κ3) is 6.64. The van der Waals surface area contributed by atoms with Crippen LogP contribution in [0.3, 0.4) is 0 Å². The second-order valence-electron chi connectivity index (χ2n) is 8.07. The predicted octanol–water partition coefficient (Wildman–Crippen LogP) is 6.35. The number of nitrogens with zero attached hydrogens (tertiary/aromatic N) is 2. The minimum atomic E-state index is -4.47. The van der Waals surface area contributed by atoms with Gasteiger partial charge in [-0.25, -0.2) is 9.37 Å². The molecule has 0 unspecified atom stereocenters. The molecule has 0 radical (unpaired) electrons. The fraction of sp³-hybridized carbons (Fsp3) is 0.360. The molecule has 0 aliphatic carbocycles. The molecular formula is C25H27F4N3OS. The minimum absolute atomic E-state index is 0.188. The predicted molar refractivity (Wildman–Crippen MR) is 127 cm³/mol. The highest BCUT2D eigenvalue weighted by molar-refractivity contribution is 7.10. The molecule has 9 heteroatoms. The molecule has 182 valence electrons. The van der Waals surface area contributed by atoms with Gasteiger partial charge in [-0.05, 0) is 60.7 Å². The summed E-state index contributed by atoms with van der Waals surface area (Å²) in [7, 11) is 1.87. The van der Waals surface area contributed by atoms with Gasteiger partial charge in [-0.15, -0.1) is 11.3 Å². The molecule has 0 saturated carbocycles. The van der Waals surface area contributed by atoms with E-state index in [2.05, 4.69) is 21.3 Å². The average Bonchev–Trinajstić information content (AvgIpc) is 3.22. The van der Waals surface area contributed by atoms with Crippen molar-refractivity contribution in [2.24, 2.45) is 0 Å². The van der Waals surface area contributed by atoms with Gasteiger partial charge in [0.2, 0.25) is 0 Å². The van der Waals surface area contributed by atoms with Gasteiger partial charge in [0.1, 0.15) is 11.6 Å². The van der Waals surface area contributed by atoms with E-state index in [1.54, 1.807) is 25.2 Å². The van der Waals surface area contributed by atoms with E-state index in [1.807, 2.05) is 24.7 Å². The number of fused-ring (bicyclic) bond motifs is 1. The van der Waals surface area contributed by atoms with Gasteiger partial charge in [0, 0.05) is 48.7 Å². The van der Waals surface area contributed by atoms with Crippen molar-refractivity contribution < 1.29 is 22.4 Å². The van der Waals surface area contributed by atoms with Crippen LogP contribution >= 0.6 is 11.3 Å². The number of aromatic nitrogens is 1. The fourth-order valence-corrected chi connectivity index (χ4v) is 4.93. The lowest BCUT2D eigenvalue weighted by molar-refractivity contribution is -0.137. The van der Waals surface area contributed by atoms with Crippen molar-refractivity contribution in [3.05, 3.63) is 80.4 Å². The van der Waals surface area contributed by atoms with E-state index in [4.69, 9.17) is 0 Å². The summed E-state index contributed by atoms with van der Waals surface area (Å²) in [6.07, 6.45) is -1.18. The summed E-state index contributed by atoms with van der Waals surface area (Å²) >= 11 is 1.71. The molecule has 34 heavy (non-hydrogen) atoms. The van der Waals surface area contributed by atoms with E-state index >= 15 is 0 Å². The van der Waals surface area contributed by atoms with Crippen molar-refractivity contribution in [3.63, 3.8) is 0 Å². The Morgan fingerprint density at radius 2 is 1.97 bits per heavy atom. The second kappa shape index (κ2) is 11.1. The summed E-state index contributed by atoms with van der Waals surface area (Å²) < 4.78 is 49.0. The molecule has 1 aliphatic rings. The molecule has 0 spiro atoms. The summed E-state index contributed by atoms with van der Waals surface area (Å²) in [5.41, 5.74) is 2.85. The van der Waals surface area contributed by atoms with Crippen molar-refractivity contribution in [2.45, 2.75) is 46.0 Å². The number of Topliss-reactive ketones (excluding diaryl/α,β-unsaturated/α-hetero) is 1. The van der Waals surface area contributed by atoms with E-state index in [-0.39, 0.29) is 5.78 Å². The number of hydrogen-bond donors (Lipinski definition) is 1. The van der Waals surface area contributed by atoms with Crippen molar-refractivity contribution in [1.29, 1.82) is 0 Å². The molecule has 3 aromatic rings. The topological polar surface area (TPSA) is 45.2 Å². The second-order valence-corrected chi connectivity index (χ2v) is 9.03. The molecule has 1 N–H and O–H groups in total. The van der Waals surface area contributed by atoms with Gasteiger partial charge in [-0.3, -0.25) is 9.69 Å². The van der Waals surface area contributed by atoms with Crippen LogP contribution in [0.25, 0.3) is 0 Å². The van der Waals surface area contributed by atoms with E-state index in [1.165, 1.54) is 16.0 Å². The van der Waals surface area contributed by atoms with Crippen LogP contribution in [0.15, 0.2) is 41.9 Å². The first-order valence-corrected chi connectivity index (χ1v) is 11.8. The highest BCUT2D eigenvalue weighted by atomic mass is 32.1. The number of benzene rings is 1. The maximum atomic E-state index is 12.6. The zero-order valence-corrected chi connectivity index (χ0v) is 20.1. The Balaban J connectivity index is 0.000000215. The molecule has 0 atom stereocenters. The summed E-state index contributed by atoms with van der Waals surface area (Å²) in [4.78, 5) is 19.7. The number of thiophene rings is 1. The molecular weight excluding hydrogens is 466 g/mol. The lowest BCUT2D eigenvalue weighted by Gasteiger charge is -2.27.